The number of rotatable bonds is 8. The molecule has 2 rings (SSSR count). The van der Waals surface area contributed by atoms with E-state index in [-0.39, 0.29) is 0 Å². The summed E-state index contributed by atoms with van der Waals surface area (Å²) in [6.07, 6.45) is 13.0. The van der Waals surface area contributed by atoms with Gasteiger partial charge in [0.2, 0.25) is 0 Å². The Labute approximate surface area is 227 Å². The quantitative estimate of drug-likeness (QED) is 0.337. The van der Waals surface area contributed by atoms with Crippen molar-refractivity contribution in [2.75, 3.05) is 0 Å². The molecule has 1 heteroatoms. The Balaban J connectivity index is 0.00000196. The molecule has 0 unspecified atom stereocenters. The number of allylic oxidation sites excluding steroid dienone is 10. The highest BCUT2D eigenvalue weighted by Gasteiger charge is 2.11. The minimum absolute atomic E-state index is 0.625. The van der Waals surface area contributed by atoms with Crippen molar-refractivity contribution in [1.82, 2.24) is 0 Å². The molecule has 2 aromatic carbocycles. The molecule has 0 aliphatic rings. The maximum absolute atomic E-state index is 7.62. The van der Waals surface area contributed by atoms with E-state index >= 15 is 0 Å². The highest BCUT2D eigenvalue weighted by molar-refractivity contribution is 5.88. The van der Waals surface area contributed by atoms with E-state index in [1.807, 2.05) is 45.9 Å². The Hall–Kier alpha value is -3.89. The van der Waals surface area contributed by atoms with Crippen molar-refractivity contribution in [1.29, 1.82) is 5.26 Å². The summed E-state index contributed by atoms with van der Waals surface area (Å²) in [6, 6.07) is 16.9. The van der Waals surface area contributed by atoms with Crippen molar-refractivity contribution in [3.8, 4) is 17.2 Å². The minimum Gasteiger partial charge on any atom is -0.198 e. The van der Waals surface area contributed by atoms with Gasteiger partial charge in [-0.25, -0.2) is 0 Å². The molecular weight excluding hydrogens is 446 g/mol. The molecule has 0 amide bonds. The smallest absolute Gasteiger partial charge is 0.0618 e. The first kappa shape index (κ1) is 33.1. The highest BCUT2D eigenvalue weighted by Crippen LogP contribution is 2.33. The van der Waals surface area contributed by atoms with Crippen LogP contribution in [-0.4, -0.2) is 0 Å². The summed E-state index contributed by atoms with van der Waals surface area (Å²) in [6.45, 7) is 28.7. The molecule has 0 aliphatic heterocycles. The van der Waals surface area contributed by atoms with E-state index in [4.69, 9.17) is 5.26 Å². The fourth-order valence-corrected chi connectivity index (χ4v) is 3.47. The Kier molecular flexibility index (Phi) is 16.5. The maximum Gasteiger partial charge on any atom is 0.0618 e. The lowest BCUT2D eigenvalue weighted by atomic mass is 9.89. The molecule has 0 radical (unpaired) electrons. The molecule has 0 atom stereocenters. The van der Waals surface area contributed by atoms with Crippen LogP contribution in [-0.2, 0) is 0 Å². The number of nitriles is 1. The van der Waals surface area contributed by atoms with Gasteiger partial charge in [-0.2, -0.15) is 5.26 Å². The van der Waals surface area contributed by atoms with Crippen LogP contribution in [0.15, 0.2) is 109 Å². The third-order valence-corrected chi connectivity index (χ3v) is 5.97. The van der Waals surface area contributed by atoms with Gasteiger partial charge in [0.25, 0.3) is 0 Å². The molecule has 0 saturated carbocycles. The molecule has 1 nitrogen and oxygen atoms in total. The van der Waals surface area contributed by atoms with E-state index in [0.717, 1.165) is 39.0 Å². The number of hydrogen-bond acceptors (Lipinski definition) is 1. The summed E-state index contributed by atoms with van der Waals surface area (Å²) < 4.78 is 0. The van der Waals surface area contributed by atoms with Gasteiger partial charge in [-0.05, 0) is 84.7 Å². The highest BCUT2D eigenvalue weighted by atomic mass is 14.2. The summed E-state index contributed by atoms with van der Waals surface area (Å²) in [5, 5.41) is 7.62. The summed E-state index contributed by atoms with van der Waals surface area (Å²) in [5.74, 6) is 0. The van der Waals surface area contributed by atoms with E-state index in [9.17, 15) is 0 Å². The van der Waals surface area contributed by atoms with Gasteiger partial charge in [0, 0.05) is 6.42 Å². The summed E-state index contributed by atoms with van der Waals surface area (Å²) in [4.78, 5) is 0. The molecule has 0 fully saturated rings. The summed E-state index contributed by atoms with van der Waals surface area (Å²) >= 11 is 0. The number of nitrogens with zero attached hydrogens (tertiary/aromatic N) is 1. The van der Waals surface area contributed by atoms with Crippen LogP contribution >= 0.6 is 0 Å². The lowest BCUT2D eigenvalue weighted by molar-refractivity contribution is 1.22. The van der Waals surface area contributed by atoms with Gasteiger partial charge in [0.1, 0.15) is 0 Å². The van der Waals surface area contributed by atoms with Crippen molar-refractivity contribution >= 4 is 17.2 Å². The maximum atomic E-state index is 7.62. The molecule has 0 aliphatic carbocycles. The Morgan fingerprint density at radius 3 is 1.89 bits per heavy atom. The van der Waals surface area contributed by atoms with Gasteiger partial charge >= 0.3 is 0 Å². The first-order chi connectivity index (χ1) is 17.8. The fourth-order valence-electron chi connectivity index (χ4n) is 3.47. The van der Waals surface area contributed by atoms with Gasteiger partial charge in [-0.15, -0.1) is 0 Å². The molecule has 0 N–H and O–H groups in total. The third-order valence-electron chi connectivity index (χ3n) is 5.97. The lowest BCUT2D eigenvalue weighted by Gasteiger charge is -2.15. The van der Waals surface area contributed by atoms with Gasteiger partial charge in [0.05, 0.1) is 6.07 Å². The molecule has 2 aromatic rings. The van der Waals surface area contributed by atoms with Crippen LogP contribution in [0.1, 0.15) is 78.5 Å². The topological polar surface area (TPSA) is 23.8 Å². The molecule has 0 spiro atoms. The van der Waals surface area contributed by atoms with Gasteiger partial charge in [0.15, 0.2) is 0 Å². The number of hydrogen-bond donors (Lipinski definition) is 0. The van der Waals surface area contributed by atoms with Crippen LogP contribution in [0.25, 0.3) is 28.3 Å². The van der Waals surface area contributed by atoms with Crippen LogP contribution in [0.4, 0.5) is 0 Å². The predicted molar refractivity (Wildman–Crippen MR) is 169 cm³/mol. The molecule has 0 saturated heterocycles. The largest absolute Gasteiger partial charge is 0.198 e. The van der Waals surface area contributed by atoms with E-state index in [2.05, 4.69) is 114 Å². The molecule has 0 heterocycles. The van der Waals surface area contributed by atoms with E-state index in [0.29, 0.717) is 6.42 Å². The van der Waals surface area contributed by atoms with Crippen molar-refractivity contribution in [2.24, 2.45) is 0 Å². The van der Waals surface area contributed by atoms with E-state index in [1.54, 1.807) is 0 Å². The molecule has 37 heavy (non-hydrogen) atoms. The van der Waals surface area contributed by atoms with Gasteiger partial charge in [-0.1, -0.05) is 125 Å². The van der Waals surface area contributed by atoms with Gasteiger partial charge in [-0.3, -0.25) is 0 Å². The van der Waals surface area contributed by atoms with Crippen LogP contribution in [0.3, 0.4) is 0 Å². The minimum atomic E-state index is 0.625. The van der Waals surface area contributed by atoms with Crippen molar-refractivity contribution in [3.05, 3.63) is 126 Å². The van der Waals surface area contributed by atoms with Crippen molar-refractivity contribution < 1.29 is 0 Å². The van der Waals surface area contributed by atoms with Crippen LogP contribution < -0.4 is 0 Å². The Bertz CT molecular complexity index is 1200. The molecular formula is C36H45N. The van der Waals surface area contributed by atoms with Crippen LogP contribution in [0, 0.1) is 11.3 Å². The SMILES string of the molecule is C=C/C(=C\C)c1ccc(-c2cccc(C(=C)/C(C)=C/C=C(C)/C(C)=C/C)c2C=C)cc1.CC.CCC#N. The van der Waals surface area contributed by atoms with Crippen LogP contribution in [0.5, 0.6) is 0 Å². The normalized spacial score (nSPS) is 11.8. The van der Waals surface area contributed by atoms with Crippen molar-refractivity contribution in [3.63, 3.8) is 0 Å². The second-order valence-electron chi connectivity index (χ2n) is 8.16. The van der Waals surface area contributed by atoms with Gasteiger partial charge < -0.3 is 0 Å². The average Bonchev–Trinajstić information content (AvgIpc) is 2.96. The zero-order valence-corrected chi connectivity index (χ0v) is 24.3. The van der Waals surface area contributed by atoms with E-state index < -0.39 is 0 Å². The number of benzene rings is 2. The first-order valence-corrected chi connectivity index (χ1v) is 13.0. The van der Waals surface area contributed by atoms with Crippen molar-refractivity contribution in [2.45, 2.75) is 61.8 Å². The Morgan fingerprint density at radius 2 is 1.43 bits per heavy atom. The third kappa shape index (κ3) is 9.94. The molecule has 194 valence electrons. The lowest BCUT2D eigenvalue weighted by Crippen LogP contribution is -1.93. The second-order valence-corrected chi connectivity index (χ2v) is 8.16. The fraction of sp³-hybridized carbons (Fsp3) is 0.250. The first-order valence-electron chi connectivity index (χ1n) is 13.0. The summed E-state index contributed by atoms with van der Waals surface area (Å²) in [7, 11) is 0. The summed E-state index contributed by atoms with van der Waals surface area (Å²) in [5.41, 5.74) is 11.5. The second kappa shape index (κ2) is 18.4. The average molecular weight is 492 g/mol. The Morgan fingerprint density at radius 1 is 0.865 bits per heavy atom. The predicted octanol–water partition coefficient (Wildman–Crippen LogP) is 11.4. The molecule has 0 bridgehead atoms. The zero-order chi connectivity index (χ0) is 28.4. The monoisotopic (exact) mass is 491 g/mol. The zero-order valence-electron chi connectivity index (χ0n) is 24.3. The molecule has 0 aromatic heterocycles. The van der Waals surface area contributed by atoms with E-state index in [1.165, 1.54) is 16.7 Å². The van der Waals surface area contributed by atoms with Crippen LogP contribution in [0.2, 0.25) is 0 Å². The standard InChI is InChI=1S/C31H34.C3H5N.C2H6/c1-9-22(5)23(6)16-17-24(7)25(8)30-14-13-15-31(29(30)12-4)28-20-18-27(19-21-28)26(10-2)11-3;1-2-3-4;1-2/h9-21H,2,4,8H2,1,3,5-7H3;2H2,1H3;1-2H3/b22-9+,23-16+,24-17+,26-11+;;.